The first-order valence-corrected chi connectivity index (χ1v) is 6.74. The second kappa shape index (κ2) is 4.24. The summed E-state index contributed by atoms with van der Waals surface area (Å²) in [4.78, 5) is 12.1. The van der Waals surface area contributed by atoms with E-state index in [-0.39, 0.29) is 5.78 Å². The van der Waals surface area contributed by atoms with Crippen molar-refractivity contribution in [1.29, 1.82) is 0 Å². The van der Waals surface area contributed by atoms with E-state index in [9.17, 15) is 9.90 Å². The molecule has 2 heteroatoms. The van der Waals surface area contributed by atoms with Crippen LogP contribution < -0.4 is 0 Å². The third-order valence-electron chi connectivity index (χ3n) is 5.36. The zero-order valence-electron chi connectivity index (χ0n) is 11.2. The summed E-state index contributed by atoms with van der Waals surface area (Å²) in [7, 11) is 0. The Morgan fingerprint density at radius 2 is 2.00 bits per heavy atom. The Balaban J connectivity index is 2.33. The van der Waals surface area contributed by atoms with Gasteiger partial charge in [0.15, 0.2) is 0 Å². The quantitative estimate of drug-likeness (QED) is 0.748. The maximum absolute atomic E-state index is 12.1. The molecule has 0 unspecified atom stereocenters. The molecule has 96 valence electrons. The molecule has 1 N–H and O–H groups in total. The SMILES string of the molecule is C=C(C)[C@@H]1C[C@@H](O)[C@]2(C(C)=O)CC[C@H](C)[C@@H]2C1. The summed E-state index contributed by atoms with van der Waals surface area (Å²) in [5.41, 5.74) is 0.714. The molecular weight excluding hydrogens is 212 g/mol. The maximum Gasteiger partial charge on any atom is 0.138 e. The van der Waals surface area contributed by atoms with Crippen LogP contribution in [-0.2, 0) is 4.79 Å². The molecule has 2 saturated carbocycles. The summed E-state index contributed by atoms with van der Waals surface area (Å²) in [6, 6.07) is 0. The highest BCUT2D eigenvalue weighted by Crippen LogP contribution is 2.57. The van der Waals surface area contributed by atoms with Gasteiger partial charge >= 0.3 is 0 Å². The van der Waals surface area contributed by atoms with Gasteiger partial charge in [0.2, 0.25) is 0 Å². The zero-order valence-corrected chi connectivity index (χ0v) is 11.2. The number of fused-ring (bicyclic) bond motifs is 1. The highest BCUT2D eigenvalue weighted by atomic mass is 16.3. The van der Waals surface area contributed by atoms with E-state index >= 15 is 0 Å². The second-order valence-electron chi connectivity index (χ2n) is 6.25. The number of rotatable bonds is 2. The summed E-state index contributed by atoms with van der Waals surface area (Å²) >= 11 is 0. The summed E-state index contributed by atoms with van der Waals surface area (Å²) in [5, 5.41) is 10.5. The Morgan fingerprint density at radius 1 is 1.35 bits per heavy atom. The van der Waals surface area contributed by atoms with Crippen LogP contribution in [0.15, 0.2) is 12.2 Å². The second-order valence-corrected chi connectivity index (χ2v) is 6.25. The molecular formula is C15H24O2. The normalized spacial score (nSPS) is 45.4. The minimum Gasteiger partial charge on any atom is -0.392 e. The maximum atomic E-state index is 12.1. The number of allylic oxidation sites excluding steroid dienone is 1. The fraction of sp³-hybridized carbons (Fsp3) is 0.800. The number of aliphatic hydroxyl groups excluding tert-OH is 1. The fourth-order valence-corrected chi connectivity index (χ4v) is 4.17. The number of Topliss-reactive ketones (excluding diaryl/α,β-unsaturated/α-hetero) is 1. The lowest BCUT2D eigenvalue weighted by Crippen LogP contribution is -2.50. The van der Waals surface area contributed by atoms with Crippen LogP contribution in [0.1, 0.15) is 46.5 Å². The highest BCUT2D eigenvalue weighted by Gasteiger charge is 2.57. The van der Waals surface area contributed by atoms with E-state index in [1.165, 1.54) is 0 Å². The predicted octanol–water partition coefficient (Wildman–Crippen LogP) is 2.95. The van der Waals surface area contributed by atoms with Crippen molar-refractivity contribution in [1.82, 2.24) is 0 Å². The minimum atomic E-state index is -0.467. The third-order valence-corrected chi connectivity index (χ3v) is 5.36. The Kier molecular flexibility index (Phi) is 3.19. The molecule has 2 fully saturated rings. The number of hydrogen-bond acceptors (Lipinski definition) is 2. The van der Waals surface area contributed by atoms with E-state index in [4.69, 9.17) is 0 Å². The Labute approximate surface area is 104 Å². The smallest absolute Gasteiger partial charge is 0.138 e. The minimum absolute atomic E-state index is 0.194. The van der Waals surface area contributed by atoms with Gasteiger partial charge < -0.3 is 5.11 Å². The molecule has 0 heterocycles. The average Bonchev–Trinajstić information content (AvgIpc) is 2.58. The number of aliphatic hydroxyl groups is 1. The largest absolute Gasteiger partial charge is 0.392 e. The molecule has 0 amide bonds. The molecule has 0 bridgehead atoms. The zero-order chi connectivity index (χ0) is 12.8. The number of carbonyl (C=O) groups is 1. The highest BCUT2D eigenvalue weighted by molar-refractivity contribution is 5.84. The molecule has 5 atom stereocenters. The Hall–Kier alpha value is -0.630. The van der Waals surface area contributed by atoms with Crippen molar-refractivity contribution >= 4 is 5.78 Å². The van der Waals surface area contributed by atoms with Gasteiger partial charge in [0.25, 0.3) is 0 Å². The Bertz CT molecular complexity index is 347. The van der Waals surface area contributed by atoms with Gasteiger partial charge in [-0.15, -0.1) is 0 Å². The predicted molar refractivity (Wildman–Crippen MR) is 68.5 cm³/mol. The standard InChI is InChI=1S/C15H24O2/c1-9(2)12-7-13-10(3)5-6-15(13,11(4)16)14(17)8-12/h10,12-14,17H,1,5-8H2,2-4H3/t10-,12-,13-,14+,15-/m0/s1. The Morgan fingerprint density at radius 3 is 2.53 bits per heavy atom. The lowest BCUT2D eigenvalue weighted by molar-refractivity contribution is -0.143. The molecule has 2 aliphatic carbocycles. The van der Waals surface area contributed by atoms with Crippen LogP contribution in [0.25, 0.3) is 0 Å². The molecule has 2 aliphatic rings. The van der Waals surface area contributed by atoms with Gasteiger partial charge in [0, 0.05) is 0 Å². The lowest BCUT2D eigenvalue weighted by Gasteiger charge is -2.46. The molecule has 0 saturated heterocycles. The van der Waals surface area contributed by atoms with Crippen LogP contribution in [0.4, 0.5) is 0 Å². The van der Waals surface area contributed by atoms with Gasteiger partial charge in [-0.05, 0) is 57.3 Å². The van der Waals surface area contributed by atoms with Crippen molar-refractivity contribution in [3.8, 4) is 0 Å². The van der Waals surface area contributed by atoms with Gasteiger partial charge in [-0.25, -0.2) is 0 Å². The van der Waals surface area contributed by atoms with Crippen LogP contribution in [0.3, 0.4) is 0 Å². The molecule has 0 aliphatic heterocycles. The molecule has 2 nitrogen and oxygen atoms in total. The van der Waals surface area contributed by atoms with Crippen molar-refractivity contribution in [3.05, 3.63) is 12.2 Å². The van der Waals surface area contributed by atoms with Crippen LogP contribution in [-0.4, -0.2) is 17.0 Å². The van der Waals surface area contributed by atoms with Gasteiger partial charge in [0.05, 0.1) is 11.5 Å². The molecule has 0 aromatic carbocycles. The number of ketones is 1. The van der Waals surface area contributed by atoms with Crippen LogP contribution in [0.5, 0.6) is 0 Å². The van der Waals surface area contributed by atoms with Gasteiger partial charge in [0.1, 0.15) is 5.78 Å². The van der Waals surface area contributed by atoms with Crippen molar-refractivity contribution in [2.75, 3.05) is 0 Å². The van der Waals surface area contributed by atoms with E-state index in [2.05, 4.69) is 13.5 Å². The van der Waals surface area contributed by atoms with Crippen molar-refractivity contribution in [3.63, 3.8) is 0 Å². The first-order chi connectivity index (χ1) is 7.89. The molecule has 0 spiro atoms. The average molecular weight is 236 g/mol. The van der Waals surface area contributed by atoms with Gasteiger partial charge in [-0.3, -0.25) is 4.79 Å². The van der Waals surface area contributed by atoms with E-state index in [1.54, 1.807) is 6.92 Å². The fourth-order valence-electron chi connectivity index (χ4n) is 4.17. The van der Waals surface area contributed by atoms with E-state index in [0.29, 0.717) is 17.8 Å². The summed E-state index contributed by atoms with van der Waals surface area (Å²) in [6.45, 7) is 9.95. The van der Waals surface area contributed by atoms with E-state index in [1.807, 2.05) is 6.92 Å². The van der Waals surface area contributed by atoms with Crippen molar-refractivity contribution in [2.45, 2.75) is 52.6 Å². The molecule has 0 aromatic rings. The van der Waals surface area contributed by atoms with E-state index < -0.39 is 11.5 Å². The van der Waals surface area contributed by atoms with Gasteiger partial charge in [-0.1, -0.05) is 19.1 Å². The third kappa shape index (κ3) is 1.77. The van der Waals surface area contributed by atoms with Crippen LogP contribution >= 0.6 is 0 Å². The molecule has 0 radical (unpaired) electrons. The summed E-state index contributed by atoms with van der Waals surface area (Å²) < 4.78 is 0. The van der Waals surface area contributed by atoms with Crippen LogP contribution in [0, 0.1) is 23.2 Å². The molecule has 0 aromatic heterocycles. The van der Waals surface area contributed by atoms with Crippen LogP contribution in [0.2, 0.25) is 0 Å². The van der Waals surface area contributed by atoms with Gasteiger partial charge in [-0.2, -0.15) is 0 Å². The summed E-state index contributed by atoms with van der Waals surface area (Å²) in [6.07, 6.45) is 3.23. The summed E-state index contributed by atoms with van der Waals surface area (Å²) in [5.74, 6) is 1.49. The first kappa shape index (κ1) is 12.8. The first-order valence-electron chi connectivity index (χ1n) is 6.74. The van der Waals surface area contributed by atoms with Crippen molar-refractivity contribution in [2.24, 2.45) is 23.2 Å². The van der Waals surface area contributed by atoms with Crippen molar-refractivity contribution < 1.29 is 9.90 Å². The molecule has 17 heavy (non-hydrogen) atoms. The number of hydrogen-bond donors (Lipinski definition) is 1. The van der Waals surface area contributed by atoms with E-state index in [0.717, 1.165) is 31.3 Å². The number of carbonyl (C=O) groups excluding carboxylic acids is 1. The lowest BCUT2D eigenvalue weighted by atomic mass is 9.59. The monoisotopic (exact) mass is 236 g/mol. The topological polar surface area (TPSA) is 37.3 Å². The molecule has 2 rings (SSSR count).